The number of nitrogens with zero attached hydrogens (tertiary/aromatic N) is 4. The van der Waals surface area contributed by atoms with Crippen LogP contribution in [0.4, 0.5) is 0 Å². The lowest BCUT2D eigenvalue weighted by molar-refractivity contribution is 0.502. The largest absolute Gasteiger partial charge is 0.240 e. The summed E-state index contributed by atoms with van der Waals surface area (Å²) >= 11 is 8.24. The molecule has 2 heterocycles. The molecule has 1 aliphatic carbocycles. The Morgan fingerprint density at radius 3 is 2.89 bits per heavy atom. The fourth-order valence-corrected chi connectivity index (χ4v) is 4.92. The number of fused-ring (bicyclic) bond motifs is 1. The van der Waals surface area contributed by atoms with E-state index in [1.54, 1.807) is 16.0 Å². The topological polar surface area (TPSA) is 54.5 Å². The third-order valence-electron chi connectivity index (χ3n) is 4.87. The molecule has 0 aliphatic heterocycles. The molecule has 0 unspecified atom stereocenters. The van der Waals surface area contributed by atoms with E-state index in [9.17, 15) is 5.26 Å². The maximum absolute atomic E-state index is 9.74. The molecular weight excluding hydrogens is 376 g/mol. The van der Waals surface area contributed by atoms with Crippen molar-refractivity contribution in [1.29, 1.82) is 5.26 Å². The Hall–Kier alpha value is -2.42. The van der Waals surface area contributed by atoms with Crippen molar-refractivity contribution in [2.45, 2.75) is 33.1 Å². The lowest BCUT2D eigenvalue weighted by Crippen LogP contribution is -2.09. The Balaban J connectivity index is 1.74. The zero-order valence-electron chi connectivity index (χ0n) is 15.2. The molecule has 4 nitrogen and oxygen atoms in total. The van der Waals surface area contributed by atoms with Crippen molar-refractivity contribution in [3.8, 4) is 11.8 Å². The molecule has 1 aromatic carbocycles. The first-order valence-electron chi connectivity index (χ1n) is 8.98. The first-order chi connectivity index (χ1) is 13.1. The zero-order valence-corrected chi connectivity index (χ0v) is 16.8. The Labute approximate surface area is 167 Å². The number of hydrogen-bond acceptors (Lipinski definition) is 4. The predicted molar refractivity (Wildman–Crippen MR) is 110 cm³/mol. The van der Waals surface area contributed by atoms with Gasteiger partial charge in [0.2, 0.25) is 0 Å². The number of aryl methyl sites for hydroxylation is 2. The summed E-state index contributed by atoms with van der Waals surface area (Å²) in [6, 6.07) is 12.0. The molecule has 27 heavy (non-hydrogen) atoms. The van der Waals surface area contributed by atoms with Crippen LogP contribution in [0.15, 0.2) is 30.3 Å². The Morgan fingerprint density at radius 2 is 2.15 bits per heavy atom. The zero-order chi connectivity index (χ0) is 19.0. The van der Waals surface area contributed by atoms with Gasteiger partial charge in [-0.25, -0.2) is 9.67 Å². The summed E-state index contributed by atoms with van der Waals surface area (Å²) in [7, 11) is 0. The van der Waals surface area contributed by atoms with Gasteiger partial charge < -0.3 is 0 Å². The highest BCUT2D eigenvalue weighted by molar-refractivity contribution is 7.13. The average molecular weight is 395 g/mol. The lowest BCUT2D eigenvalue weighted by atomic mass is 9.93. The monoisotopic (exact) mass is 394 g/mol. The van der Waals surface area contributed by atoms with Gasteiger partial charge in [0.05, 0.1) is 22.6 Å². The van der Waals surface area contributed by atoms with E-state index in [0.29, 0.717) is 16.6 Å². The van der Waals surface area contributed by atoms with Gasteiger partial charge in [0, 0.05) is 10.4 Å². The second-order valence-electron chi connectivity index (χ2n) is 6.94. The number of para-hydroxylation sites is 1. The Kier molecular flexibility index (Phi) is 4.86. The quantitative estimate of drug-likeness (QED) is 0.552. The van der Waals surface area contributed by atoms with Crippen molar-refractivity contribution in [3.05, 3.63) is 62.3 Å². The van der Waals surface area contributed by atoms with Gasteiger partial charge in [-0.3, -0.25) is 0 Å². The van der Waals surface area contributed by atoms with Crippen LogP contribution in [0.2, 0.25) is 5.15 Å². The molecule has 0 spiro atoms. The minimum atomic E-state index is 0.501. The maximum Gasteiger partial charge on any atom is 0.140 e. The highest BCUT2D eigenvalue weighted by Crippen LogP contribution is 2.34. The van der Waals surface area contributed by atoms with E-state index >= 15 is 0 Å². The minimum absolute atomic E-state index is 0.501. The van der Waals surface area contributed by atoms with Crippen LogP contribution in [0.3, 0.4) is 0 Å². The van der Waals surface area contributed by atoms with E-state index in [0.717, 1.165) is 46.9 Å². The summed E-state index contributed by atoms with van der Waals surface area (Å²) in [5.74, 6) is 0.682. The molecule has 0 saturated carbocycles. The van der Waals surface area contributed by atoms with E-state index in [1.807, 2.05) is 43.3 Å². The third-order valence-corrected chi connectivity index (χ3v) is 6.39. The number of benzene rings is 1. The molecule has 4 rings (SSSR count). The molecule has 0 fully saturated rings. The van der Waals surface area contributed by atoms with E-state index < -0.39 is 0 Å². The van der Waals surface area contributed by atoms with Crippen LogP contribution in [-0.2, 0) is 12.8 Å². The summed E-state index contributed by atoms with van der Waals surface area (Å²) in [6.45, 7) is 4.17. The van der Waals surface area contributed by atoms with Gasteiger partial charge in [-0.1, -0.05) is 36.7 Å². The number of halogens is 1. The van der Waals surface area contributed by atoms with Crippen LogP contribution < -0.4 is 0 Å². The van der Waals surface area contributed by atoms with Crippen molar-refractivity contribution in [1.82, 2.24) is 14.8 Å². The van der Waals surface area contributed by atoms with Crippen LogP contribution in [0.1, 0.15) is 40.2 Å². The van der Waals surface area contributed by atoms with Gasteiger partial charge in [-0.15, -0.1) is 11.3 Å². The third kappa shape index (κ3) is 3.43. The van der Waals surface area contributed by atoms with Crippen molar-refractivity contribution >= 4 is 34.6 Å². The van der Waals surface area contributed by atoms with E-state index in [-0.39, 0.29) is 0 Å². The van der Waals surface area contributed by atoms with Crippen LogP contribution >= 0.6 is 22.9 Å². The fourth-order valence-electron chi connectivity index (χ4n) is 3.36. The molecule has 0 N–H and O–H groups in total. The summed E-state index contributed by atoms with van der Waals surface area (Å²) in [5.41, 5.74) is 4.13. The van der Waals surface area contributed by atoms with Crippen molar-refractivity contribution in [2.24, 2.45) is 5.92 Å². The van der Waals surface area contributed by atoms with E-state index in [1.165, 1.54) is 4.88 Å². The molecular formula is C21H19ClN4S. The summed E-state index contributed by atoms with van der Waals surface area (Å²) in [6.07, 6.45) is 5.03. The first kappa shape index (κ1) is 18.0. The minimum Gasteiger partial charge on any atom is -0.240 e. The van der Waals surface area contributed by atoms with Gasteiger partial charge in [-0.2, -0.15) is 10.4 Å². The number of nitriles is 1. The lowest BCUT2D eigenvalue weighted by Gasteiger charge is -2.15. The molecule has 0 saturated heterocycles. The van der Waals surface area contributed by atoms with Gasteiger partial charge in [0.25, 0.3) is 0 Å². The van der Waals surface area contributed by atoms with Crippen molar-refractivity contribution in [2.75, 3.05) is 0 Å². The molecule has 1 atom stereocenters. The Morgan fingerprint density at radius 1 is 1.37 bits per heavy atom. The SMILES string of the molecule is Cc1nn(-c2ccccc2)c(Cl)c1/C=C(\C#N)c1nc2c(s1)C[C@H](C)CC2. The number of aromatic nitrogens is 3. The number of hydrogen-bond donors (Lipinski definition) is 0. The summed E-state index contributed by atoms with van der Waals surface area (Å²) in [5, 5.41) is 15.6. The van der Waals surface area contributed by atoms with Gasteiger partial charge in [0.1, 0.15) is 16.2 Å². The van der Waals surface area contributed by atoms with Crippen LogP contribution in [0, 0.1) is 24.2 Å². The molecule has 6 heteroatoms. The normalized spacial score (nSPS) is 16.8. The molecule has 0 radical (unpaired) electrons. The highest BCUT2D eigenvalue weighted by atomic mass is 35.5. The van der Waals surface area contributed by atoms with Gasteiger partial charge in [-0.05, 0) is 50.3 Å². The van der Waals surface area contributed by atoms with Gasteiger partial charge >= 0.3 is 0 Å². The fraction of sp³-hybridized carbons (Fsp3) is 0.286. The molecule has 0 amide bonds. The van der Waals surface area contributed by atoms with E-state index in [4.69, 9.17) is 16.6 Å². The first-order valence-corrected chi connectivity index (χ1v) is 10.2. The molecule has 0 bridgehead atoms. The van der Waals surface area contributed by atoms with E-state index in [2.05, 4.69) is 18.1 Å². The molecule has 2 aromatic heterocycles. The van der Waals surface area contributed by atoms with Crippen LogP contribution in [0.25, 0.3) is 17.3 Å². The summed E-state index contributed by atoms with van der Waals surface area (Å²) in [4.78, 5) is 6.05. The summed E-state index contributed by atoms with van der Waals surface area (Å²) < 4.78 is 1.70. The number of thiazole rings is 1. The average Bonchev–Trinajstić information content (AvgIpc) is 3.21. The van der Waals surface area contributed by atoms with Crippen molar-refractivity contribution in [3.63, 3.8) is 0 Å². The molecule has 3 aromatic rings. The van der Waals surface area contributed by atoms with Crippen LogP contribution in [0.5, 0.6) is 0 Å². The smallest absolute Gasteiger partial charge is 0.140 e. The number of rotatable bonds is 3. The number of allylic oxidation sites excluding steroid dienone is 1. The second-order valence-corrected chi connectivity index (χ2v) is 8.39. The molecule has 1 aliphatic rings. The predicted octanol–water partition coefficient (Wildman–Crippen LogP) is 5.48. The molecule has 136 valence electrons. The standard InChI is InChI=1S/C21H19ClN4S/c1-13-8-9-18-19(10-13)27-21(24-18)15(12-23)11-17-14(2)25-26(20(17)22)16-6-4-3-5-7-16/h3-7,11,13H,8-10H2,1-2H3/b15-11+/t13-/m1/s1. The Bertz CT molecular complexity index is 1060. The maximum atomic E-state index is 9.74. The van der Waals surface area contributed by atoms with Crippen LogP contribution in [-0.4, -0.2) is 14.8 Å². The van der Waals surface area contributed by atoms with Crippen molar-refractivity contribution < 1.29 is 0 Å². The van der Waals surface area contributed by atoms with Gasteiger partial charge in [0.15, 0.2) is 0 Å². The second kappa shape index (κ2) is 7.30. The highest BCUT2D eigenvalue weighted by Gasteiger charge is 2.22.